The number of rotatable bonds is 8. The van der Waals surface area contributed by atoms with Crippen molar-refractivity contribution in [2.45, 2.75) is 12.8 Å². The Hall–Kier alpha value is -1.88. The fourth-order valence-corrected chi connectivity index (χ4v) is 3.85. The Morgan fingerprint density at radius 3 is 1.18 bits per heavy atom. The van der Waals surface area contributed by atoms with E-state index in [9.17, 15) is 19.2 Å². The third-order valence-electron chi connectivity index (χ3n) is 5.49. The van der Waals surface area contributed by atoms with Gasteiger partial charge < -0.3 is 9.80 Å². The lowest BCUT2D eigenvalue weighted by molar-refractivity contribution is -0.148. The highest BCUT2D eigenvalue weighted by molar-refractivity contribution is 5.99. The van der Waals surface area contributed by atoms with Gasteiger partial charge in [-0.05, 0) is 25.9 Å². The number of piperazine rings is 3. The summed E-state index contributed by atoms with van der Waals surface area (Å²) in [7, 11) is 0. The minimum atomic E-state index is -0.137. The Kier molecular flexibility index (Phi) is 7.49. The van der Waals surface area contributed by atoms with Crippen molar-refractivity contribution in [2.75, 3.05) is 78.5 Å². The summed E-state index contributed by atoms with van der Waals surface area (Å²) in [5.74, 6) is -0.546. The van der Waals surface area contributed by atoms with Gasteiger partial charge in [-0.3, -0.25) is 39.6 Å². The van der Waals surface area contributed by atoms with Gasteiger partial charge in [0.2, 0.25) is 23.6 Å². The van der Waals surface area contributed by atoms with E-state index in [1.165, 1.54) is 9.80 Å². The minimum Gasteiger partial charge on any atom is -0.301 e. The molecule has 0 aliphatic carbocycles. The molecule has 3 saturated heterocycles. The van der Waals surface area contributed by atoms with Crippen LogP contribution in [0.25, 0.3) is 0 Å². The molecule has 0 unspecified atom stereocenters. The highest BCUT2D eigenvalue weighted by atomic mass is 16.2. The molecule has 3 heterocycles. The van der Waals surface area contributed by atoms with Gasteiger partial charge in [-0.1, -0.05) is 0 Å². The van der Waals surface area contributed by atoms with Crippen LogP contribution in [0.4, 0.5) is 0 Å². The van der Waals surface area contributed by atoms with Gasteiger partial charge in [0, 0.05) is 39.3 Å². The predicted octanol–water partition coefficient (Wildman–Crippen LogP) is -2.70. The van der Waals surface area contributed by atoms with Crippen LogP contribution in [-0.2, 0) is 19.2 Å². The summed E-state index contributed by atoms with van der Waals surface area (Å²) >= 11 is 0. The first-order chi connectivity index (χ1) is 13.5. The summed E-state index contributed by atoms with van der Waals surface area (Å²) in [6.07, 6.45) is 1.59. The van der Waals surface area contributed by atoms with Gasteiger partial charge in [0.25, 0.3) is 0 Å². The Morgan fingerprint density at radius 1 is 0.536 bits per heavy atom. The maximum absolute atomic E-state index is 11.8. The summed E-state index contributed by atoms with van der Waals surface area (Å²) in [6, 6.07) is 0. The Bertz CT molecular complexity index is 521. The maximum Gasteiger partial charge on any atom is 0.243 e. The van der Waals surface area contributed by atoms with Gasteiger partial charge in [-0.2, -0.15) is 0 Å². The van der Waals surface area contributed by atoms with Crippen molar-refractivity contribution in [3.63, 3.8) is 0 Å². The molecule has 3 aliphatic heterocycles. The zero-order valence-electron chi connectivity index (χ0n) is 16.3. The van der Waals surface area contributed by atoms with E-state index >= 15 is 0 Å². The zero-order chi connectivity index (χ0) is 19.9. The molecule has 0 aromatic rings. The minimum absolute atomic E-state index is 0.137. The summed E-state index contributed by atoms with van der Waals surface area (Å²) in [4.78, 5) is 54.5. The van der Waals surface area contributed by atoms with Gasteiger partial charge >= 0.3 is 0 Å². The molecule has 0 aromatic carbocycles. The van der Waals surface area contributed by atoms with Crippen LogP contribution < -0.4 is 10.6 Å². The average molecular weight is 394 g/mol. The van der Waals surface area contributed by atoms with Crippen molar-refractivity contribution in [3.05, 3.63) is 0 Å². The van der Waals surface area contributed by atoms with Crippen molar-refractivity contribution in [1.29, 1.82) is 0 Å². The lowest BCUT2D eigenvalue weighted by Gasteiger charge is -2.35. The number of imide groups is 2. The highest BCUT2D eigenvalue weighted by Crippen LogP contribution is 2.06. The van der Waals surface area contributed by atoms with Gasteiger partial charge in [0.15, 0.2) is 0 Å². The van der Waals surface area contributed by atoms with Crippen LogP contribution in [0.15, 0.2) is 0 Å². The molecule has 0 atom stereocenters. The van der Waals surface area contributed by atoms with Gasteiger partial charge in [-0.15, -0.1) is 0 Å². The van der Waals surface area contributed by atoms with Crippen LogP contribution in [0.3, 0.4) is 0 Å². The lowest BCUT2D eigenvalue weighted by Crippen LogP contribution is -2.53. The van der Waals surface area contributed by atoms with Crippen molar-refractivity contribution in [3.8, 4) is 0 Å². The summed E-state index contributed by atoms with van der Waals surface area (Å²) in [5, 5.41) is 5.60. The lowest BCUT2D eigenvalue weighted by atomic mass is 10.2. The fourth-order valence-electron chi connectivity index (χ4n) is 3.85. The van der Waals surface area contributed by atoms with Gasteiger partial charge in [0.1, 0.15) is 0 Å². The number of nitrogens with one attached hydrogen (secondary N) is 2. The molecule has 10 nitrogen and oxygen atoms in total. The quantitative estimate of drug-likeness (QED) is 0.429. The molecule has 10 heteroatoms. The summed E-state index contributed by atoms with van der Waals surface area (Å²) in [5.41, 5.74) is 0. The first kappa shape index (κ1) is 20.8. The SMILES string of the molecule is O=C1CNCC(=O)N1CCCN1CCN(CCCN2C(=O)CNCC2=O)CC1. The summed E-state index contributed by atoms with van der Waals surface area (Å²) < 4.78 is 0. The molecule has 0 aromatic heterocycles. The molecule has 0 bridgehead atoms. The van der Waals surface area contributed by atoms with E-state index in [2.05, 4.69) is 20.4 Å². The Labute approximate surface area is 165 Å². The van der Waals surface area contributed by atoms with E-state index in [0.29, 0.717) is 13.1 Å². The van der Waals surface area contributed by atoms with Crippen LogP contribution in [0.5, 0.6) is 0 Å². The number of amides is 4. The van der Waals surface area contributed by atoms with Crippen LogP contribution in [0, 0.1) is 0 Å². The average Bonchev–Trinajstić information content (AvgIpc) is 2.67. The smallest absolute Gasteiger partial charge is 0.243 e. The van der Waals surface area contributed by atoms with Crippen molar-refractivity contribution < 1.29 is 19.2 Å². The molecular weight excluding hydrogens is 364 g/mol. The number of carbonyl (C=O) groups excluding carboxylic acids is 4. The number of hydrogen-bond acceptors (Lipinski definition) is 8. The van der Waals surface area contributed by atoms with E-state index in [4.69, 9.17) is 0 Å². The highest BCUT2D eigenvalue weighted by Gasteiger charge is 2.26. The van der Waals surface area contributed by atoms with Crippen molar-refractivity contribution >= 4 is 23.6 Å². The van der Waals surface area contributed by atoms with E-state index < -0.39 is 0 Å². The molecule has 0 spiro atoms. The molecule has 3 fully saturated rings. The third-order valence-corrected chi connectivity index (χ3v) is 5.49. The third kappa shape index (κ3) is 5.57. The fraction of sp³-hybridized carbons (Fsp3) is 0.778. The molecule has 3 aliphatic rings. The van der Waals surface area contributed by atoms with Gasteiger partial charge in [0.05, 0.1) is 26.2 Å². The van der Waals surface area contributed by atoms with Crippen molar-refractivity contribution in [2.24, 2.45) is 0 Å². The normalized spacial score (nSPS) is 23.0. The number of carbonyl (C=O) groups is 4. The van der Waals surface area contributed by atoms with Crippen LogP contribution in [0.2, 0.25) is 0 Å². The molecule has 4 amide bonds. The van der Waals surface area contributed by atoms with Crippen LogP contribution in [0.1, 0.15) is 12.8 Å². The van der Waals surface area contributed by atoms with Gasteiger partial charge in [-0.25, -0.2) is 0 Å². The first-order valence-corrected chi connectivity index (χ1v) is 10.1. The molecule has 156 valence electrons. The predicted molar refractivity (Wildman–Crippen MR) is 101 cm³/mol. The van der Waals surface area contributed by atoms with E-state index in [-0.39, 0.29) is 49.8 Å². The second-order valence-corrected chi connectivity index (χ2v) is 7.48. The molecule has 3 rings (SSSR count). The van der Waals surface area contributed by atoms with Crippen LogP contribution in [-0.4, -0.2) is 122 Å². The van der Waals surface area contributed by atoms with E-state index in [0.717, 1.165) is 52.1 Å². The summed E-state index contributed by atoms with van der Waals surface area (Å²) in [6.45, 7) is 7.53. The zero-order valence-corrected chi connectivity index (χ0v) is 16.3. The molecule has 2 N–H and O–H groups in total. The monoisotopic (exact) mass is 394 g/mol. The standard InChI is InChI=1S/C18H30N6O4/c25-15-11-19-12-16(26)23(15)5-1-3-21-7-9-22(10-8-21)4-2-6-24-17(27)13-20-14-18(24)28/h19-20H,1-14H2. The Morgan fingerprint density at radius 2 is 0.857 bits per heavy atom. The number of nitrogens with zero attached hydrogens (tertiary/aromatic N) is 4. The second kappa shape index (κ2) is 10.1. The van der Waals surface area contributed by atoms with Crippen LogP contribution >= 0.6 is 0 Å². The van der Waals surface area contributed by atoms with Crippen molar-refractivity contribution in [1.82, 2.24) is 30.2 Å². The van der Waals surface area contributed by atoms with E-state index in [1.807, 2.05) is 0 Å². The first-order valence-electron chi connectivity index (χ1n) is 10.1. The maximum atomic E-state index is 11.8. The molecular formula is C18H30N6O4. The van der Waals surface area contributed by atoms with E-state index in [1.54, 1.807) is 0 Å². The largest absolute Gasteiger partial charge is 0.301 e. The second-order valence-electron chi connectivity index (χ2n) is 7.48. The molecule has 28 heavy (non-hydrogen) atoms. The Balaban J connectivity index is 1.28. The molecule has 0 saturated carbocycles. The topological polar surface area (TPSA) is 105 Å². The molecule has 0 radical (unpaired) electrons. The number of hydrogen-bond donors (Lipinski definition) is 2.